The predicted molar refractivity (Wildman–Crippen MR) is 172 cm³/mol. The largest absolute Gasteiger partial charge is 0.444 e. The minimum atomic E-state index is -3.54. The number of nitrogens with zero attached hydrogens (tertiary/aromatic N) is 2. The molecule has 234 valence electrons. The third-order valence-corrected chi connectivity index (χ3v) is 9.06. The number of sulfonamides is 1. The molecular weight excluding hydrogens is 588 g/mol. The summed E-state index contributed by atoms with van der Waals surface area (Å²) >= 11 is 5.88. The quantitative estimate of drug-likeness (QED) is 0.164. The summed E-state index contributed by atoms with van der Waals surface area (Å²) in [7, 11) is -3.54. The van der Waals surface area contributed by atoms with Crippen LogP contribution in [0.2, 0.25) is 5.02 Å². The third kappa shape index (κ3) is 10.5. The van der Waals surface area contributed by atoms with Gasteiger partial charge in [-0.15, -0.1) is 0 Å². The summed E-state index contributed by atoms with van der Waals surface area (Å²) in [5.41, 5.74) is 0.359. The Labute approximate surface area is 259 Å². The van der Waals surface area contributed by atoms with E-state index in [4.69, 9.17) is 26.3 Å². The number of unbranched alkanes of at least 4 members (excludes halogenated alkanes) is 1. The van der Waals surface area contributed by atoms with Crippen LogP contribution in [0.3, 0.4) is 0 Å². The predicted octanol–water partition coefficient (Wildman–Crippen LogP) is 6.20. The van der Waals surface area contributed by atoms with Crippen LogP contribution in [-0.2, 0) is 14.8 Å². The van der Waals surface area contributed by atoms with Gasteiger partial charge in [0.1, 0.15) is 11.4 Å². The van der Waals surface area contributed by atoms with Gasteiger partial charge in [0.05, 0.1) is 10.4 Å². The highest BCUT2D eigenvalue weighted by atomic mass is 35.5. The molecule has 1 amide bonds. The molecule has 2 aromatic carbocycles. The van der Waals surface area contributed by atoms with Gasteiger partial charge in [0.2, 0.25) is 16.0 Å². The van der Waals surface area contributed by atoms with Gasteiger partial charge < -0.3 is 20.7 Å². The van der Waals surface area contributed by atoms with Crippen molar-refractivity contribution in [3.05, 3.63) is 53.6 Å². The topological polar surface area (TPSA) is 134 Å². The molecule has 10 nitrogen and oxygen atoms in total. The second-order valence-electron chi connectivity index (χ2n) is 12.0. The maximum atomic E-state index is 12.6. The standard InChI is InChI=1S/C31H43ClN6O4S/c1-31(2,3)42-30(39)34-19-7-6-18-33-28-26-8-4-5-9-27(26)37-29(38-28)35-20-22-10-12-23(13-11-22)21-36-43(40,41)25-16-14-24(32)15-17-25/h4-5,8-9,14-17,22-23,36H,6-7,10-13,18-21H2,1-3H3,(H,34,39)(H2,33,35,37,38). The van der Waals surface area contributed by atoms with Gasteiger partial charge in [-0.1, -0.05) is 23.7 Å². The summed E-state index contributed by atoms with van der Waals surface area (Å²) in [6, 6.07) is 14.1. The van der Waals surface area contributed by atoms with Gasteiger partial charge in [-0.05, 0) is 108 Å². The molecule has 1 heterocycles. The summed E-state index contributed by atoms with van der Waals surface area (Å²) in [6.45, 7) is 7.99. The van der Waals surface area contributed by atoms with Gasteiger partial charge in [0.25, 0.3) is 0 Å². The number of carbonyl (C=O) groups is 1. The lowest BCUT2D eigenvalue weighted by Gasteiger charge is -2.28. The Morgan fingerprint density at radius 1 is 0.907 bits per heavy atom. The van der Waals surface area contributed by atoms with Gasteiger partial charge >= 0.3 is 6.09 Å². The molecule has 0 bridgehead atoms. The Bertz CT molecular complexity index is 1460. The second-order valence-corrected chi connectivity index (χ2v) is 14.3. The fourth-order valence-electron chi connectivity index (χ4n) is 5.05. The second kappa shape index (κ2) is 15.0. The summed E-state index contributed by atoms with van der Waals surface area (Å²) in [4.78, 5) is 21.5. The highest BCUT2D eigenvalue weighted by Gasteiger charge is 2.24. The number of benzene rings is 2. The average molecular weight is 631 g/mol. The highest BCUT2D eigenvalue weighted by molar-refractivity contribution is 7.89. The number of hydrogen-bond acceptors (Lipinski definition) is 8. The molecular formula is C31H43ClN6O4S. The van der Waals surface area contributed by atoms with Crippen molar-refractivity contribution in [3.63, 3.8) is 0 Å². The van der Waals surface area contributed by atoms with E-state index in [0.29, 0.717) is 42.4 Å². The minimum absolute atomic E-state index is 0.231. The number of para-hydroxylation sites is 1. The molecule has 0 atom stereocenters. The smallest absolute Gasteiger partial charge is 0.407 e. The normalized spacial score (nSPS) is 17.4. The molecule has 12 heteroatoms. The summed E-state index contributed by atoms with van der Waals surface area (Å²) in [5, 5.41) is 11.1. The molecule has 1 aliphatic rings. The van der Waals surface area contributed by atoms with Crippen molar-refractivity contribution in [1.82, 2.24) is 20.0 Å². The molecule has 0 unspecified atom stereocenters. The number of aromatic nitrogens is 2. The summed E-state index contributed by atoms with van der Waals surface area (Å²) in [6.07, 6.45) is 5.21. The molecule has 4 N–H and O–H groups in total. The van der Waals surface area contributed by atoms with Crippen LogP contribution in [0.15, 0.2) is 53.4 Å². The van der Waals surface area contributed by atoms with E-state index >= 15 is 0 Å². The number of carbonyl (C=O) groups excluding carboxylic acids is 1. The van der Waals surface area contributed by atoms with E-state index in [2.05, 4.69) is 20.7 Å². The molecule has 0 saturated heterocycles. The molecule has 1 saturated carbocycles. The Kier molecular flexibility index (Phi) is 11.5. The zero-order valence-corrected chi connectivity index (χ0v) is 26.7. The Balaban J connectivity index is 1.21. The van der Waals surface area contributed by atoms with Crippen LogP contribution in [-0.4, -0.2) is 56.3 Å². The van der Waals surface area contributed by atoms with Gasteiger partial charge in [0.15, 0.2) is 0 Å². The van der Waals surface area contributed by atoms with E-state index in [1.807, 2.05) is 45.0 Å². The number of hydrogen-bond donors (Lipinski definition) is 4. The van der Waals surface area contributed by atoms with E-state index in [-0.39, 0.29) is 4.90 Å². The number of rotatable bonds is 13. The first-order valence-corrected chi connectivity index (χ1v) is 16.8. The monoisotopic (exact) mass is 630 g/mol. The fraction of sp³-hybridized carbons (Fsp3) is 0.516. The number of anilines is 2. The molecule has 4 rings (SSSR count). The zero-order valence-electron chi connectivity index (χ0n) is 25.2. The molecule has 43 heavy (non-hydrogen) atoms. The molecule has 1 aliphatic carbocycles. The summed E-state index contributed by atoms with van der Waals surface area (Å²) in [5.74, 6) is 2.15. The van der Waals surface area contributed by atoms with E-state index in [0.717, 1.165) is 61.8 Å². The Morgan fingerprint density at radius 3 is 2.26 bits per heavy atom. The summed E-state index contributed by atoms with van der Waals surface area (Å²) < 4.78 is 33.2. The first-order valence-electron chi connectivity index (χ1n) is 14.9. The van der Waals surface area contributed by atoms with Crippen molar-refractivity contribution in [1.29, 1.82) is 0 Å². The number of halogens is 1. The average Bonchev–Trinajstić information content (AvgIpc) is 2.96. The van der Waals surface area contributed by atoms with Gasteiger partial charge in [-0.2, -0.15) is 4.98 Å². The van der Waals surface area contributed by atoms with Crippen LogP contribution in [0.5, 0.6) is 0 Å². The fourth-order valence-corrected chi connectivity index (χ4v) is 6.29. The third-order valence-electron chi connectivity index (χ3n) is 7.37. The molecule has 1 fully saturated rings. The molecule has 0 radical (unpaired) electrons. The van der Waals surface area contributed by atoms with Crippen LogP contribution in [0.25, 0.3) is 10.9 Å². The van der Waals surface area contributed by atoms with Crippen LogP contribution < -0.4 is 20.7 Å². The van der Waals surface area contributed by atoms with Crippen molar-refractivity contribution >= 4 is 50.4 Å². The van der Waals surface area contributed by atoms with Crippen LogP contribution in [0.1, 0.15) is 59.3 Å². The molecule has 3 aromatic rings. The SMILES string of the molecule is CC(C)(C)OC(=O)NCCCCNc1nc(NCC2CCC(CNS(=O)(=O)c3ccc(Cl)cc3)CC2)nc2ccccc12. The number of amides is 1. The van der Waals surface area contributed by atoms with E-state index in [9.17, 15) is 13.2 Å². The molecule has 0 spiro atoms. The lowest BCUT2D eigenvalue weighted by atomic mass is 9.82. The Morgan fingerprint density at radius 2 is 1.56 bits per heavy atom. The van der Waals surface area contributed by atoms with Crippen LogP contribution in [0.4, 0.5) is 16.6 Å². The van der Waals surface area contributed by atoms with Crippen molar-refractivity contribution in [2.45, 2.75) is 69.8 Å². The molecule has 0 aliphatic heterocycles. The maximum Gasteiger partial charge on any atom is 0.407 e. The van der Waals surface area contributed by atoms with Crippen molar-refractivity contribution < 1.29 is 17.9 Å². The Hall–Kier alpha value is -3.15. The first kappa shape index (κ1) is 32.8. The number of ether oxygens (including phenoxy) is 1. The number of nitrogens with one attached hydrogen (secondary N) is 4. The number of fused-ring (bicyclic) bond motifs is 1. The zero-order chi connectivity index (χ0) is 30.9. The van der Waals surface area contributed by atoms with Crippen LogP contribution in [0, 0.1) is 11.8 Å². The van der Waals surface area contributed by atoms with E-state index < -0.39 is 21.7 Å². The van der Waals surface area contributed by atoms with Crippen molar-refractivity contribution in [3.8, 4) is 0 Å². The maximum absolute atomic E-state index is 12.6. The van der Waals surface area contributed by atoms with Gasteiger partial charge in [-0.25, -0.2) is 22.9 Å². The first-order chi connectivity index (χ1) is 20.5. The van der Waals surface area contributed by atoms with E-state index in [1.54, 1.807) is 12.1 Å². The minimum Gasteiger partial charge on any atom is -0.444 e. The van der Waals surface area contributed by atoms with Crippen LogP contribution >= 0.6 is 11.6 Å². The van der Waals surface area contributed by atoms with Gasteiger partial charge in [-0.3, -0.25) is 0 Å². The highest BCUT2D eigenvalue weighted by Crippen LogP contribution is 2.29. The van der Waals surface area contributed by atoms with Crippen molar-refractivity contribution in [2.75, 3.05) is 36.8 Å². The number of alkyl carbamates (subject to hydrolysis) is 1. The lowest BCUT2D eigenvalue weighted by Crippen LogP contribution is -2.33. The van der Waals surface area contributed by atoms with Crippen molar-refractivity contribution in [2.24, 2.45) is 11.8 Å². The lowest BCUT2D eigenvalue weighted by molar-refractivity contribution is 0.0527. The van der Waals surface area contributed by atoms with E-state index in [1.165, 1.54) is 12.1 Å². The van der Waals surface area contributed by atoms with Gasteiger partial charge in [0, 0.05) is 36.6 Å². The molecule has 1 aromatic heterocycles.